The number of carbonyl (C=O) groups is 2. The van der Waals surface area contributed by atoms with Crippen LogP contribution >= 0.6 is 12.2 Å². The second kappa shape index (κ2) is 6.02. The molecule has 1 saturated heterocycles. The molecule has 0 aromatic heterocycles. The first-order valence-electron chi connectivity index (χ1n) is 6.19. The molecule has 1 aliphatic heterocycles. The van der Waals surface area contributed by atoms with Crippen LogP contribution in [0.3, 0.4) is 0 Å². The highest BCUT2D eigenvalue weighted by Gasteiger charge is 2.30. The maximum absolute atomic E-state index is 12.1. The third-order valence-electron chi connectivity index (χ3n) is 3.12. The quantitative estimate of drug-likeness (QED) is 0.483. The number of aromatic hydroxyl groups is 1. The van der Waals surface area contributed by atoms with Crippen molar-refractivity contribution >= 4 is 35.2 Å². The summed E-state index contributed by atoms with van der Waals surface area (Å²) in [4.78, 5) is 25.2. The number of carbonyl (C=O) groups excluding carboxylic acids is 2. The van der Waals surface area contributed by atoms with Gasteiger partial charge in [0.15, 0.2) is 16.6 Å². The highest BCUT2D eigenvalue weighted by atomic mass is 32.1. The zero-order chi connectivity index (χ0) is 16.4. The number of nitrogens with one attached hydrogen (secondary N) is 1. The molecule has 1 aromatic rings. The van der Waals surface area contributed by atoms with Crippen molar-refractivity contribution in [2.75, 3.05) is 21.3 Å². The van der Waals surface area contributed by atoms with Crippen molar-refractivity contribution in [3.05, 3.63) is 23.3 Å². The van der Waals surface area contributed by atoms with Gasteiger partial charge < -0.3 is 14.6 Å². The van der Waals surface area contributed by atoms with E-state index in [1.807, 2.05) is 0 Å². The minimum absolute atomic E-state index is 0.0491. The van der Waals surface area contributed by atoms with E-state index in [4.69, 9.17) is 21.7 Å². The molecule has 7 nitrogen and oxygen atoms in total. The Balaban J connectivity index is 2.50. The summed E-state index contributed by atoms with van der Waals surface area (Å²) in [5, 5.41) is 12.3. The van der Waals surface area contributed by atoms with Crippen molar-refractivity contribution in [2.45, 2.75) is 0 Å². The van der Waals surface area contributed by atoms with E-state index in [1.165, 1.54) is 39.5 Å². The molecule has 2 rings (SSSR count). The summed E-state index contributed by atoms with van der Waals surface area (Å²) in [6, 6.07) is 2.97. The van der Waals surface area contributed by atoms with Crippen molar-refractivity contribution in [2.24, 2.45) is 0 Å². The molecule has 8 heteroatoms. The van der Waals surface area contributed by atoms with Crippen LogP contribution in [0.1, 0.15) is 5.56 Å². The molecule has 0 spiro atoms. The van der Waals surface area contributed by atoms with Crippen molar-refractivity contribution in [3.8, 4) is 17.2 Å². The molecule has 0 saturated carbocycles. The minimum atomic E-state index is -0.584. The molecule has 1 aliphatic rings. The third-order valence-corrected chi connectivity index (χ3v) is 3.49. The number of phenolic OH excluding ortho intramolecular Hbond substituents is 1. The van der Waals surface area contributed by atoms with E-state index in [0.717, 1.165) is 4.90 Å². The SMILES string of the molecule is COc1cc(/C=C2\C(=O)NC(=S)N(C)C2=O)cc(OC)c1O. The van der Waals surface area contributed by atoms with E-state index in [9.17, 15) is 14.7 Å². The van der Waals surface area contributed by atoms with Gasteiger partial charge in [-0.2, -0.15) is 0 Å². The molecule has 1 fully saturated rings. The molecule has 0 atom stereocenters. The lowest BCUT2D eigenvalue weighted by Crippen LogP contribution is -2.52. The van der Waals surface area contributed by atoms with Crippen LogP contribution < -0.4 is 14.8 Å². The van der Waals surface area contributed by atoms with Crippen LogP contribution in [0.15, 0.2) is 17.7 Å². The first-order chi connectivity index (χ1) is 10.4. The summed E-state index contributed by atoms with van der Waals surface area (Å²) in [6.07, 6.45) is 1.38. The van der Waals surface area contributed by atoms with E-state index in [1.54, 1.807) is 0 Å². The number of hydrogen-bond acceptors (Lipinski definition) is 6. The van der Waals surface area contributed by atoms with E-state index in [-0.39, 0.29) is 27.9 Å². The average molecular weight is 322 g/mol. The van der Waals surface area contributed by atoms with Gasteiger partial charge in [-0.15, -0.1) is 0 Å². The number of rotatable bonds is 3. The molecule has 0 radical (unpaired) electrons. The van der Waals surface area contributed by atoms with E-state index in [0.29, 0.717) is 5.56 Å². The number of ether oxygens (including phenoxy) is 2. The number of amides is 2. The van der Waals surface area contributed by atoms with Crippen molar-refractivity contribution in [1.82, 2.24) is 10.2 Å². The topological polar surface area (TPSA) is 88.1 Å². The van der Waals surface area contributed by atoms with Gasteiger partial charge in [0.1, 0.15) is 5.57 Å². The molecule has 22 heavy (non-hydrogen) atoms. The molecule has 0 aliphatic carbocycles. The standard InChI is InChI=1S/C14H14N2O5S/c1-16-13(19)8(12(18)15-14(16)22)4-7-5-9(20-2)11(17)10(6-7)21-3/h4-6,17H,1-3H3,(H,15,18,22)/b8-4+. The fourth-order valence-corrected chi connectivity index (χ4v) is 2.08. The molecule has 116 valence electrons. The van der Waals surface area contributed by atoms with Gasteiger partial charge in [-0.3, -0.25) is 19.8 Å². The Morgan fingerprint density at radius 1 is 1.23 bits per heavy atom. The highest BCUT2D eigenvalue weighted by molar-refractivity contribution is 7.80. The van der Waals surface area contributed by atoms with Gasteiger partial charge in [-0.25, -0.2) is 0 Å². The van der Waals surface area contributed by atoms with Gasteiger partial charge in [0.2, 0.25) is 5.75 Å². The van der Waals surface area contributed by atoms with Gasteiger partial charge >= 0.3 is 0 Å². The molecule has 0 unspecified atom stereocenters. The predicted octanol–water partition coefficient (Wildman–Crippen LogP) is 0.666. The first-order valence-corrected chi connectivity index (χ1v) is 6.60. The number of thiocarbonyl (C=S) groups is 1. The number of methoxy groups -OCH3 is 2. The van der Waals surface area contributed by atoms with Gasteiger partial charge in [0.05, 0.1) is 14.2 Å². The lowest BCUT2D eigenvalue weighted by atomic mass is 10.1. The van der Waals surface area contributed by atoms with Crippen LogP contribution in [0.4, 0.5) is 0 Å². The lowest BCUT2D eigenvalue weighted by Gasteiger charge is -2.25. The zero-order valence-corrected chi connectivity index (χ0v) is 13.0. The maximum Gasteiger partial charge on any atom is 0.265 e. The third kappa shape index (κ3) is 2.73. The average Bonchev–Trinajstić information content (AvgIpc) is 2.50. The highest BCUT2D eigenvalue weighted by Crippen LogP contribution is 2.37. The van der Waals surface area contributed by atoms with E-state index < -0.39 is 11.8 Å². The number of nitrogens with zero attached hydrogens (tertiary/aromatic N) is 1. The fraction of sp³-hybridized carbons (Fsp3) is 0.214. The molecule has 1 heterocycles. The number of hydrogen-bond donors (Lipinski definition) is 2. The van der Waals surface area contributed by atoms with Crippen LogP contribution in [-0.2, 0) is 9.59 Å². The summed E-state index contributed by atoms with van der Waals surface area (Å²) >= 11 is 4.87. The largest absolute Gasteiger partial charge is 0.502 e. The molecular formula is C14H14N2O5S. The second-order valence-corrected chi connectivity index (χ2v) is 4.84. The molecule has 0 bridgehead atoms. The Kier molecular flexibility index (Phi) is 4.32. The molecular weight excluding hydrogens is 308 g/mol. The van der Waals surface area contributed by atoms with Crippen LogP contribution in [-0.4, -0.2) is 48.2 Å². The van der Waals surface area contributed by atoms with Crippen molar-refractivity contribution in [3.63, 3.8) is 0 Å². The smallest absolute Gasteiger partial charge is 0.265 e. The summed E-state index contributed by atoms with van der Waals surface area (Å²) in [5.41, 5.74) is 0.386. The van der Waals surface area contributed by atoms with Crippen molar-refractivity contribution in [1.29, 1.82) is 0 Å². The minimum Gasteiger partial charge on any atom is -0.502 e. The normalized spacial score (nSPS) is 16.8. The van der Waals surface area contributed by atoms with Gasteiger partial charge in [0, 0.05) is 7.05 Å². The Hall–Kier alpha value is -2.61. The summed E-state index contributed by atoms with van der Waals surface area (Å²) in [5.74, 6) is -0.929. The Morgan fingerprint density at radius 2 is 1.77 bits per heavy atom. The fourth-order valence-electron chi connectivity index (χ4n) is 1.91. The summed E-state index contributed by atoms with van der Waals surface area (Å²) in [6.45, 7) is 0. The first kappa shape index (κ1) is 15.8. The molecule has 2 amide bonds. The van der Waals surface area contributed by atoms with Crippen LogP contribution in [0.5, 0.6) is 17.2 Å². The van der Waals surface area contributed by atoms with Gasteiger partial charge in [-0.05, 0) is 36.0 Å². The predicted molar refractivity (Wildman–Crippen MR) is 82.7 cm³/mol. The second-order valence-electron chi connectivity index (χ2n) is 4.46. The van der Waals surface area contributed by atoms with E-state index >= 15 is 0 Å². The summed E-state index contributed by atoms with van der Waals surface area (Å²) in [7, 11) is 4.24. The van der Waals surface area contributed by atoms with Crippen LogP contribution in [0, 0.1) is 0 Å². The van der Waals surface area contributed by atoms with Crippen LogP contribution in [0.25, 0.3) is 6.08 Å². The van der Waals surface area contributed by atoms with Gasteiger partial charge in [-0.1, -0.05) is 0 Å². The molecule has 1 aromatic carbocycles. The van der Waals surface area contributed by atoms with E-state index in [2.05, 4.69) is 5.32 Å². The Bertz CT molecular complexity index is 673. The Morgan fingerprint density at radius 3 is 2.27 bits per heavy atom. The zero-order valence-electron chi connectivity index (χ0n) is 12.2. The monoisotopic (exact) mass is 322 g/mol. The summed E-state index contributed by atoms with van der Waals surface area (Å²) < 4.78 is 10.1. The number of benzene rings is 1. The van der Waals surface area contributed by atoms with Gasteiger partial charge in [0.25, 0.3) is 11.8 Å². The lowest BCUT2D eigenvalue weighted by molar-refractivity contribution is -0.128. The Labute approximate surface area is 132 Å². The molecule has 2 N–H and O–H groups in total. The van der Waals surface area contributed by atoms with Crippen LogP contribution in [0.2, 0.25) is 0 Å². The maximum atomic E-state index is 12.1. The van der Waals surface area contributed by atoms with Crippen molar-refractivity contribution < 1.29 is 24.2 Å². The number of likely N-dealkylation sites (N-methyl/N-ethyl adjacent to an activating group) is 1. The number of phenols is 1.